The highest BCUT2D eigenvalue weighted by Gasteiger charge is 2.26. The summed E-state index contributed by atoms with van der Waals surface area (Å²) in [5.41, 5.74) is 8.34. The average Bonchev–Trinajstić information content (AvgIpc) is 2.31. The van der Waals surface area contributed by atoms with Gasteiger partial charge in [-0.2, -0.15) is 0 Å². The second-order valence-corrected chi connectivity index (χ2v) is 4.01. The van der Waals surface area contributed by atoms with Gasteiger partial charge in [0.1, 0.15) is 12.1 Å². The van der Waals surface area contributed by atoms with Crippen molar-refractivity contribution < 1.29 is 14.6 Å². The minimum atomic E-state index is -1.05. The number of aliphatic hydroxyl groups is 1. The standard InChI is InChI=1S/C13H19NO3/c1-4-17-13(16)11(14)12(15)10-7-5-6-8(2)9(10)3/h5-7,11-12,15H,4,14H2,1-3H3. The molecule has 0 bridgehead atoms. The van der Waals surface area contributed by atoms with Crippen molar-refractivity contribution in [1.82, 2.24) is 0 Å². The summed E-state index contributed by atoms with van der Waals surface area (Å²) >= 11 is 0. The maximum atomic E-state index is 11.4. The van der Waals surface area contributed by atoms with Crippen molar-refractivity contribution in [1.29, 1.82) is 0 Å². The Bertz CT molecular complexity index is 404. The van der Waals surface area contributed by atoms with Crippen LogP contribution in [0.15, 0.2) is 18.2 Å². The molecule has 0 amide bonds. The van der Waals surface area contributed by atoms with Crippen LogP contribution in [0.3, 0.4) is 0 Å². The Kier molecular flexibility index (Phi) is 4.66. The topological polar surface area (TPSA) is 72.5 Å². The lowest BCUT2D eigenvalue weighted by Gasteiger charge is -2.20. The molecule has 0 saturated heterocycles. The zero-order chi connectivity index (χ0) is 13.0. The molecule has 2 unspecified atom stereocenters. The van der Waals surface area contributed by atoms with Gasteiger partial charge < -0.3 is 15.6 Å². The maximum absolute atomic E-state index is 11.4. The SMILES string of the molecule is CCOC(=O)C(N)C(O)c1cccc(C)c1C. The lowest BCUT2D eigenvalue weighted by Crippen LogP contribution is -2.38. The van der Waals surface area contributed by atoms with Crippen LogP contribution in [0, 0.1) is 13.8 Å². The van der Waals surface area contributed by atoms with Gasteiger partial charge in [-0.05, 0) is 37.5 Å². The zero-order valence-electron chi connectivity index (χ0n) is 10.4. The van der Waals surface area contributed by atoms with E-state index in [0.29, 0.717) is 5.56 Å². The first-order valence-corrected chi connectivity index (χ1v) is 5.65. The quantitative estimate of drug-likeness (QED) is 0.772. The van der Waals surface area contributed by atoms with Gasteiger partial charge in [-0.1, -0.05) is 18.2 Å². The Morgan fingerprint density at radius 3 is 2.71 bits per heavy atom. The van der Waals surface area contributed by atoms with Crippen LogP contribution in [-0.2, 0) is 9.53 Å². The molecule has 2 atom stereocenters. The van der Waals surface area contributed by atoms with Crippen molar-refractivity contribution in [3.63, 3.8) is 0 Å². The summed E-state index contributed by atoms with van der Waals surface area (Å²) < 4.78 is 4.79. The molecule has 0 spiro atoms. The van der Waals surface area contributed by atoms with Crippen molar-refractivity contribution >= 4 is 5.97 Å². The fourth-order valence-electron chi connectivity index (χ4n) is 1.66. The number of ether oxygens (including phenoxy) is 1. The summed E-state index contributed by atoms with van der Waals surface area (Å²) in [6.45, 7) is 5.80. The van der Waals surface area contributed by atoms with Crippen LogP contribution >= 0.6 is 0 Å². The molecule has 0 aromatic heterocycles. The number of benzene rings is 1. The van der Waals surface area contributed by atoms with Gasteiger partial charge in [0.2, 0.25) is 0 Å². The molecule has 1 rings (SSSR count). The van der Waals surface area contributed by atoms with Gasteiger partial charge in [-0.25, -0.2) is 0 Å². The maximum Gasteiger partial charge on any atom is 0.325 e. The molecule has 4 heteroatoms. The summed E-state index contributed by atoms with van der Waals surface area (Å²) in [5.74, 6) is -0.582. The number of carbonyl (C=O) groups excluding carboxylic acids is 1. The van der Waals surface area contributed by atoms with Gasteiger partial charge in [0.15, 0.2) is 0 Å². The fourth-order valence-corrected chi connectivity index (χ4v) is 1.66. The number of carbonyl (C=O) groups is 1. The molecule has 3 N–H and O–H groups in total. The number of aryl methyl sites for hydroxylation is 1. The number of rotatable bonds is 4. The average molecular weight is 237 g/mol. The number of nitrogens with two attached hydrogens (primary N) is 1. The van der Waals surface area contributed by atoms with Crippen LogP contribution < -0.4 is 5.73 Å². The van der Waals surface area contributed by atoms with Gasteiger partial charge in [0.25, 0.3) is 0 Å². The highest BCUT2D eigenvalue weighted by Crippen LogP contribution is 2.22. The van der Waals surface area contributed by atoms with Gasteiger partial charge in [-0.15, -0.1) is 0 Å². The molecule has 0 heterocycles. The Morgan fingerprint density at radius 2 is 2.12 bits per heavy atom. The van der Waals surface area contributed by atoms with E-state index in [2.05, 4.69) is 0 Å². The normalized spacial score (nSPS) is 14.2. The van der Waals surface area contributed by atoms with E-state index in [1.165, 1.54) is 0 Å². The van der Waals surface area contributed by atoms with Crippen LogP contribution in [0.5, 0.6) is 0 Å². The number of aliphatic hydroxyl groups excluding tert-OH is 1. The van der Waals surface area contributed by atoms with Gasteiger partial charge in [0.05, 0.1) is 6.61 Å². The van der Waals surface area contributed by atoms with Crippen LogP contribution in [0.2, 0.25) is 0 Å². The lowest BCUT2D eigenvalue weighted by atomic mass is 9.95. The first kappa shape index (κ1) is 13.7. The van der Waals surface area contributed by atoms with Crippen molar-refractivity contribution in [2.45, 2.75) is 32.9 Å². The van der Waals surface area contributed by atoms with E-state index in [1.54, 1.807) is 13.0 Å². The second kappa shape index (κ2) is 5.80. The molecular formula is C13H19NO3. The van der Waals surface area contributed by atoms with E-state index in [1.807, 2.05) is 26.0 Å². The van der Waals surface area contributed by atoms with Crippen molar-refractivity contribution in [3.8, 4) is 0 Å². The molecule has 0 aliphatic rings. The minimum Gasteiger partial charge on any atom is -0.465 e. The first-order valence-electron chi connectivity index (χ1n) is 5.65. The van der Waals surface area contributed by atoms with E-state index in [4.69, 9.17) is 10.5 Å². The fraction of sp³-hybridized carbons (Fsp3) is 0.462. The minimum absolute atomic E-state index is 0.256. The van der Waals surface area contributed by atoms with E-state index in [-0.39, 0.29) is 6.61 Å². The molecule has 17 heavy (non-hydrogen) atoms. The summed E-state index contributed by atoms with van der Waals surface area (Å²) in [5, 5.41) is 10.1. The highest BCUT2D eigenvalue weighted by atomic mass is 16.5. The van der Waals surface area contributed by atoms with Gasteiger partial charge in [-0.3, -0.25) is 4.79 Å². The smallest absolute Gasteiger partial charge is 0.325 e. The van der Waals surface area contributed by atoms with Crippen molar-refractivity contribution in [3.05, 3.63) is 34.9 Å². The first-order chi connectivity index (χ1) is 7.99. The van der Waals surface area contributed by atoms with Crippen molar-refractivity contribution in [2.24, 2.45) is 5.73 Å². The molecule has 0 radical (unpaired) electrons. The van der Waals surface area contributed by atoms with Crippen LogP contribution in [0.1, 0.15) is 29.7 Å². The third-order valence-electron chi connectivity index (χ3n) is 2.86. The highest BCUT2D eigenvalue weighted by molar-refractivity contribution is 5.76. The Balaban J connectivity index is 2.92. The molecule has 94 valence electrons. The number of hydrogen-bond acceptors (Lipinski definition) is 4. The molecular weight excluding hydrogens is 218 g/mol. The monoisotopic (exact) mass is 237 g/mol. The number of hydrogen-bond donors (Lipinski definition) is 2. The second-order valence-electron chi connectivity index (χ2n) is 4.01. The van der Waals surface area contributed by atoms with E-state index < -0.39 is 18.1 Å². The summed E-state index contributed by atoms with van der Waals surface area (Å²) in [7, 11) is 0. The molecule has 0 aliphatic carbocycles. The largest absolute Gasteiger partial charge is 0.465 e. The number of esters is 1. The third-order valence-corrected chi connectivity index (χ3v) is 2.86. The zero-order valence-corrected chi connectivity index (χ0v) is 10.4. The Hall–Kier alpha value is -1.39. The molecule has 1 aromatic carbocycles. The lowest BCUT2D eigenvalue weighted by molar-refractivity contribution is -0.147. The molecule has 0 fully saturated rings. The molecule has 0 saturated carbocycles. The predicted molar refractivity (Wildman–Crippen MR) is 65.5 cm³/mol. The third kappa shape index (κ3) is 3.05. The van der Waals surface area contributed by atoms with Crippen LogP contribution in [-0.4, -0.2) is 23.7 Å². The molecule has 1 aromatic rings. The van der Waals surface area contributed by atoms with Gasteiger partial charge in [0, 0.05) is 0 Å². The Morgan fingerprint density at radius 1 is 1.47 bits per heavy atom. The van der Waals surface area contributed by atoms with Crippen molar-refractivity contribution in [2.75, 3.05) is 6.61 Å². The van der Waals surface area contributed by atoms with E-state index in [0.717, 1.165) is 11.1 Å². The summed E-state index contributed by atoms with van der Waals surface area (Å²) in [4.78, 5) is 11.4. The summed E-state index contributed by atoms with van der Waals surface area (Å²) in [6.07, 6.45) is -1.03. The Labute approximate surface area is 101 Å². The van der Waals surface area contributed by atoms with Crippen LogP contribution in [0.4, 0.5) is 0 Å². The molecule has 4 nitrogen and oxygen atoms in total. The van der Waals surface area contributed by atoms with E-state index in [9.17, 15) is 9.90 Å². The summed E-state index contributed by atoms with van der Waals surface area (Å²) in [6, 6.07) is 4.50. The van der Waals surface area contributed by atoms with E-state index >= 15 is 0 Å². The predicted octanol–water partition coefficient (Wildman–Crippen LogP) is 1.23. The van der Waals surface area contributed by atoms with Gasteiger partial charge >= 0.3 is 5.97 Å². The molecule has 0 aliphatic heterocycles. The van der Waals surface area contributed by atoms with Crippen LogP contribution in [0.25, 0.3) is 0 Å².